The van der Waals surface area contributed by atoms with E-state index in [9.17, 15) is 60.0 Å². The fourth-order valence-electron chi connectivity index (χ4n) is 14.7. The van der Waals surface area contributed by atoms with Crippen molar-refractivity contribution < 1.29 is 98.3 Å². The molecule has 67 heavy (non-hydrogen) atoms. The molecule has 20 nitrogen and oxygen atoms in total. The fraction of sp³-hybridized carbons (Fsp3) is 0.872. The molecule has 4 saturated carbocycles. The maximum Gasteiger partial charge on any atom is 0.369 e. The van der Waals surface area contributed by atoms with E-state index in [1.807, 2.05) is 0 Å². The predicted molar refractivity (Wildman–Crippen MR) is 226 cm³/mol. The van der Waals surface area contributed by atoms with Crippen LogP contribution in [0.5, 0.6) is 0 Å². The van der Waals surface area contributed by atoms with Gasteiger partial charge in [-0.05, 0) is 109 Å². The number of esters is 1. The lowest BCUT2D eigenvalue weighted by atomic mass is 9.33. The number of carbonyl (C=O) groups excluding carboxylic acids is 1. The summed E-state index contributed by atoms with van der Waals surface area (Å²) in [5.74, 6) is -8.93. The first-order chi connectivity index (χ1) is 31.1. The zero-order valence-corrected chi connectivity index (χ0v) is 39.2. The Balaban J connectivity index is 1.03. The van der Waals surface area contributed by atoms with E-state index in [1.54, 1.807) is 0 Å². The van der Waals surface area contributed by atoms with Crippen molar-refractivity contribution in [3.63, 3.8) is 0 Å². The summed E-state index contributed by atoms with van der Waals surface area (Å²) < 4.78 is 40.0. The van der Waals surface area contributed by atoms with Gasteiger partial charge >= 0.3 is 29.7 Å². The van der Waals surface area contributed by atoms with Crippen LogP contribution in [0.2, 0.25) is 0 Å². The zero-order valence-electron chi connectivity index (χ0n) is 39.2. The third-order valence-corrected chi connectivity index (χ3v) is 18.7. The monoisotopic (exact) mass is 954 g/mol. The minimum absolute atomic E-state index is 0.0811. The number of aliphatic carboxylic acids is 3. The summed E-state index contributed by atoms with van der Waals surface area (Å²) in [6.45, 7) is 14.0. The van der Waals surface area contributed by atoms with Crippen LogP contribution in [0, 0.1) is 50.2 Å². The molecular formula is C47H70O20. The van der Waals surface area contributed by atoms with Gasteiger partial charge < -0.3 is 79.1 Å². The Morgan fingerprint density at radius 1 is 0.761 bits per heavy atom. The second-order valence-electron chi connectivity index (χ2n) is 22.9. The molecule has 0 aromatic carbocycles. The van der Waals surface area contributed by atoms with Crippen LogP contribution in [-0.2, 0) is 52.3 Å². The fourth-order valence-corrected chi connectivity index (χ4v) is 14.7. The minimum atomic E-state index is -3.34. The summed E-state index contributed by atoms with van der Waals surface area (Å²) in [6, 6.07) is 0. The topological polar surface area (TPSA) is 315 Å². The highest BCUT2D eigenvalue weighted by molar-refractivity contribution is 5.79. The van der Waals surface area contributed by atoms with Gasteiger partial charge in [0.2, 0.25) is 12.6 Å². The van der Waals surface area contributed by atoms with E-state index in [-0.39, 0.29) is 39.4 Å². The highest BCUT2D eigenvalue weighted by atomic mass is 16.8. The lowest BCUT2D eigenvalue weighted by Crippen LogP contribution is -2.72. The SMILES string of the molecule is CC1(C)CC[C@]2(C(=O)O[C@H]3O[C@@H](CO)[C@H](O)[C@@H](O)[C@@H]3O)CC[C@]3(C)C(=CC[C@@H]4[C@@]5(C)CC[C@H](O[C@@H]6O[C@H](C(=O)O)[C@H]7O[C@@](O)(C(=O)O)[C@@H](OCC(=O)O)O[C@H]7[C@H]6O)C(C)(C)[C@@H]5CC[C@]43C)[C@@H]2C1. The first-order valence-corrected chi connectivity index (χ1v) is 23.7. The number of ether oxygens (including phenoxy) is 7. The Labute approximate surface area is 388 Å². The first-order valence-electron chi connectivity index (χ1n) is 23.7. The minimum Gasteiger partial charge on any atom is -0.480 e. The van der Waals surface area contributed by atoms with E-state index in [2.05, 4.69) is 54.5 Å². The molecule has 3 saturated heterocycles. The molecule has 7 fully saturated rings. The van der Waals surface area contributed by atoms with Gasteiger partial charge in [-0.3, -0.25) is 4.79 Å². The molecule has 20 atom stereocenters. The number of carboxylic acid groups (broad SMARTS) is 3. The average Bonchev–Trinajstić information content (AvgIpc) is 3.24. The number of hydrogen-bond donors (Lipinski definition) is 9. The first kappa shape index (κ1) is 50.5. The van der Waals surface area contributed by atoms with Gasteiger partial charge in [0.25, 0.3) is 0 Å². The summed E-state index contributed by atoms with van der Waals surface area (Å²) in [7, 11) is 0. The number of fused-ring (bicyclic) bond motifs is 8. The molecule has 0 aromatic heterocycles. The van der Waals surface area contributed by atoms with Gasteiger partial charge in [-0.1, -0.05) is 60.1 Å². The van der Waals surface area contributed by atoms with Crippen molar-refractivity contribution in [2.45, 2.75) is 192 Å². The van der Waals surface area contributed by atoms with E-state index < -0.39 is 128 Å². The van der Waals surface area contributed by atoms with E-state index in [0.29, 0.717) is 32.1 Å². The Morgan fingerprint density at radius 3 is 2.09 bits per heavy atom. The average molecular weight is 955 g/mol. The number of aliphatic hydroxyl groups is 6. The molecule has 378 valence electrons. The summed E-state index contributed by atoms with van der Waals surface area (Å²) >= 11 is 0. The molecule has 0 bridgehead atoms. The summed E-state index contributed by atoms with van der Waals surface area (Å²) in [5, 5.41) is 93.2. The van der Waals surface area contributed by atoms with Gasteiger partial charge in [-0.25, -0.2) is 14.4 Å². The van der Waals surface area contributed by atoms with Crippen LogP contribution in [0.1, 0.15) is 113 Å². The molecule has 5 aliphatic carbocycles. The van der Waals surface area contributed by atoms with Gasteiger partial charge in [-0.15, -0.1) is 0 Å². The number of allylic oxidation sites excluding steroid dienone is 2. The molecule has 9 N–H and O–H groups in total. The summed E-state index contributed by atoms with van der Waals surface area (Å²) in [5.41, 5.74) is -1.07. The molecule has 3 heterocycles. The standard InChI is InChI=1S/C47H70O20/c1-41(2)14-16-46(39(59)66-36-30(53)29(52)28(51)23(19-48)62-36)17-15-44(6)21(22(46)18-41)8-9-25-43(5)12-11-26(42(3,4)24(43)10-13-45(25,44)7)63-37-31(54)32-33(34(64-37)35(55)56)67-47(60,38(57)58)40(65-32)61-20-27(49)50/h8,22-26,28-34,36-37,40,48,51-54,60H,9-20H2,1-7H3,(H,49,50)(H,55,56)(H,57,58)/t22-,23-,24-,25+,26-,28-,29+,30-,31+,32-,33-,34-,36+,37+,40-,43-,44+,45+,46-,47-/m0/s1. The molecular weight excluding hydrogens is 884 g/mol. The van der Waals surface area contributed by atoms with Crippen molar-refractivity contribution in [1.29, 1.82) is 0 Å². The molecule has 0 spiro atoms. The third kappa shape index (κ3) is 7.78. The van der Waals surface area contributed by atoms with Crippen molar-refractivity contribution in [3.05, 3.63) is 11.6 Å². The van der Waals surface area contributed by atoms with Crippen LogP contribution in [0.25, 0.3) is 0 Å². The largest absolute Gasteiger partial charge is 0.480 e. The van der Waals surface area contributed by atoms with Crippen LogP contribution in [0.3, 0.4) is 0 Å². The highest BCUT2D eigenvalue weighted by Gasteiger charge is 2.71. The summed E-state index contributed by atoms with van der Waals surface area (Å²) in [4.78, 5) is 50.6. The molecule has 0 unspecified atom stereocenters. The van der Waals surface area contributed by atoms with Crippen LogP contribution < -0.4 is 0 Å². The Hall–Kier alpha value is -2.86. The number of hydrogen-bond acceptors (Lipinski definition) is 17. The third-order valence-electron chi connectivity index (χ3n) is 18.7. The van der Waals surface area contributed by atoms with E-state index in [4.69, 9.17) is 38.3 Å². The molecule has 20 heteroatoms. The van der Waals surface area contributed by atoms with Crippen LogP contribution in [0.4, 0.5) is 0 Å². The maximum absolute atomic E-state index is 14.7. The Morgan fingerprint density at radius 2 is 1.45 bits per heavy atom. The van der Waals surface area contributed by atoms with Crippen LogP contribution >= 0.6 is 0 Å². The number of aliphatic hydroxyl groups excluding tert-OH is 5. The molecule has 0 radical (unpaired) electrons. The quantitative estimate of drug-likeness (QED) is 0.0854. The van der Waals surface area contributed by atoms with Gasteiger partial charge in [0.05, 0.1) is 18.1 Å². The molecule has 3 aliphatic heterocycles. The molecule has 8 rings (SSSR count). The molecule has 8 aliphatic rings. The van der Waals surface area contributed by atoms with Crippen molar-refractivity contribution in [3.8, 4) is 0 Å². The Kier molecular flexibility index (Phi) is 13.0. The highest BCUT2D eigenvalue weighted by Crippen LogP contribution is 2.76. The van der Waals surface area contributed by atoms with Crippen molar-refractivity contribution in [1.82, 2.24) is 0 Å². The van der Waals surface area contributed by atoms with Gasteiger partial charge in [0.15, 0.2) is 12.4 Å². The van der Waals surface area contributed by atoms with Crippen molar-refractivity contribution in [2.24, 2.45) is 50.2 Å². The van der Waals surface area contributed by atoms with E-state index >= 15 is 0 Å². The number of carboxylic acids is 3. The summed E-state index contributed by atoms with van der Waals surface area (Å²) in [6.07, 6.45) is -10.2. The number of carbonyl (C=O) groups is 4. The van der Waals surface area contributed by atoms with Gasteiger partial charge in [0, 0.05) is 0 Å². The van der Waals surface area contributed by atoms with E-state index in [1.165, 1.54) is 5.57 Å². The lowest BCUT2D eigenvalue weighted by molar-refractivity contribution is -0.435. The molecule has 0 amide bonds. The van der Waals surface area contributed by atoms with Crippen LogP contribution in [0.15, 0.2) is 11.6 Å². The lowest BCUT2D eigenvalue weighted by Gasteiger charge is -2.71. The normalized spacial score (nSPS) is 49.9. The molecule has 0 aromatic rings. The zero-order chi connectivity index (χ0) is 49.2. The number of rotatable bonds is 10. The Bertz CT molecular complexity index is 1990. The van der Waals surface area contributed by atoms with E-state index in [0.717, 1.165) is 32.1 Å². The van der Waals surface area contributed by atoms with Gasteiger partial charge in [0.1, 0.15) is 49.3 Å². The predicted octanol–water partition coefficient (Wildman–Crippen LogP) is 1.67. The van der Waals surface area contributed by atoms with Gasteiger partial charge in [-0.2, -0.15) is 0 Å². The maximum atomic E-state index is 14.7. The van der Waals surface area contributed by atoms with Crippen LogP contribution in [-0.4, -0.2) is 163 Å². The van der Waals surface area contributed by atoms with Crippen molar-refractivity contribution >= 4 is 23.9 Å². The smallest absolute Gasteiger partial charge is 0.369 e. The van der Waals surface area contributed by atoms with Crippen molar-refractivity contribution in [2.75, 3.05) is 13.2 Å². The second kappa shape index (κ2) is 17.2. The second-order valence-corrected chi connectivity index (χ2v) is 22.9.